The second-order valence-corrected chi connectivity index (χ2v) is 6.70. The number of likely N-dealkylation sites (tertiary alicyclic amines) is 1. The van der Waals surface area contributed by atoms with Crippen molar-refractivity contribution in [2.75, 3.05) is 13.1 Å². The van der Waals surface area contributed by atoms with Crippen LogP contribution in [0.25, 0.3) is 0 Å². The third kappa shape index (κ3) is 1.41. The Bertz CT molecular complexity index is 308. The molecule has 0 aromatic carbocycles. The molecule has 0 radical (unpaired) electrons. The molecule has 0 bridgehead atoms. The molecule has 1 aliphatic carbocycles. The van der Waals surface area contributed by atoms with Crippen molar-refractivity contribution >= 4 is 5.97 Å². The van der Waals surface area contributed by atoms with Gasteiger partial charge in [-0.25, -0.2) is 0 Å². The molecule has 2 rings (SSSR count). The van der Waals surface area contributed by atoms with Gasteiger partial charge in [0.05, 0.1) is 5.41 Å². The van der Waals surface area contributed by atoms with Crippen LogP contribution in [0.15, 0.2) is 0 Å². The molecule has 3 nitrogen and oxygen atoms in total. The maximum Gasteiger partial charge on any atom is 0.310 e. The lowest BCUT2D eigenvalue weighted by Crippen LogP contribution is -2.70. The lowest BCUT2D eigenvalue weighted by molar-refractivity contribution is -0.173. The van der Waals surface area contributed by atoms with Gasteiger partial charge < -0.3 is 5.11 Å². The molecule has 0 atom stereocenters. The number of aliphatic carboxylic acids is 1. The van der Waals surface area contributed by atoms with Crippen LogP contribution in [-0.2, 0) is 4.79 Å². The summed E-state index contributed by atoms with van der Waals surface area (Å²) in [6, 6.07) is 0. The highest BCUT2D eigenvalue weighted by molar-refractivity contribution is 5.75. The van der Waals surface area contributed by atoms with Crippen molar-refractivity contribution in [3.05, 3.63) is 0 Å². The number of carboxylic acid groups (broad SMARTS) is 1. The van der Waals surface area contributed by atoms with Gasteiger partial charge in [0.2, 0.25) is 0 Å². The molecule has 1 N–H and O–H groups in total. The molecule has 16 heavy (non-hydrogen) atoms. The maximum atomic E-state index is 11.3. The summed E-state index contributed by atoms with van der Waals surface area (Å²) in [6.07, 6.45) is 4.04. The van der Waals surface area contributed by atoms with Crippen molar-refractivity contribution in [1.29, 1.82) is 0 Å². The average molecular weight is 225 g/mol. The van der Waals surface area contributed by atoms with E-state index in [9.17, 15) is 9.90 Å². The molecule has 0 aromatic heterocycles. The highest BCUT2D eigenvalue weighted by Gasteiger charge is 2.56. The van der Waals surface area contributed by atoms with Crippen molar-refractivity contribution in [2.24, 2.45) is 10.8 Å². The first-order valence-corrected chi connectivity index (χ1v) is 6.20. The van der Waals surface area contributed by atoms with Crippen LogP contribution >= 0.6 is 0 Å². The Labute approximate surface area is 97.8 Å². The van der Waals surface area contributed by atoms with Gasteiger partial charge in [0.25, 0.3) is 0 Å². The summed E-state index contributed by atoms with van der Waals surface area (Å²) in [7, 11) is 0. The Kier molecular flexibility index (Phi) is 2.40. The Morgan fingerprint density at radius 1 is 1.19 bits per heavy atom. The van der Waals surface area contributed by atoms with E-state index in [1.165, 1.54) is 19.3 Å². The summed E-state index contributed by atoms with van der Waals surface area (Å²) in [5, 5.41) is 9.32. The largest absolute Gasteiger partial charge is 0.481 e. The van der Waals surface area contributed by atoms with E-state index < -0.39 is 11.4 Å². The Morgan fingerprint density at radius 3 is 2.00 bits per heavy atom. The molecule has 1 saturated heterocycles. The third-order valence-corrected chi connectivity index (χ3v) is 5.32. The molecule has 2 aliphatic rings. The van der Waals surface area contributed by atoms with E-state index >= 15 is 0 Å². The predicted octanol–water partition coefficient (Wildman–Crippen LogP) is 2.36. The maximum absolute atomic E-state index is 11.3. The predicted molar refractivity (Wildman–Crippen MR) is 63.4 cm³/mol. The van der Waals surface area contributed by atoms with Crippen molar-refractivity contribution in [3.8, 4) is 0 Å². The summed E-state index contributed by atoms with van der Waals surface area (Å²) in [4.78, 5) is 13.7. The summed E-state index contributed by atoms with van der Waals surface area (Å²) >= 11 is 0. The van der Waals surface area contributed by atoms with E-state index in [0.29, 0.717) is 5.41 Å². The molecular formula is C13H23NO2. The van der Waals surface area contributed by atoms with Crippen LogP contribution in [0.3, 0.4) is 0 Å². The summed E-state index contributed by atoms with van der Waals surface area (Å²) < 4.78 is 0. The van der Waals surface area contributed by atoms with Crippen molar-refractivity contribution in [1.82, 2.24) is 4.90 Å². The lowest BCUT2D eigenvalue weighted by atomic mass is 9.60. The van der Waals surface area contributed by atoms with E-state index in [1.54, 1.807) is 0 Å². The fourth-order valence-electron chi connectivity index (χ4n) is 2.81. The number of hydrogen-bond donors (Lipinski definition) is 1. The van der Waals surface area contributed by atoms with Crippen LogP contribution in [-0.4, -0.2) is 34.6 Å². The first kappa shape index (κ1) is 11.9. The second kappa shape index (κ2) is 3.22. The SMILES string of the molecule is CC(C)(C(=O)O)C(C)(C)N1CC2(CCC2)C1. The smallest absolute Gasteiger partial charge is 0.310 e. The highest BCUT2D eigenvalue weighted by atomic mass is 16.4. The number of hydrogen-bond acceptors (Lipinski definition) is 2. The zero-order valence-electron chi connectivity index (χ0n) is 10.8. The molecule has 92 valence electrons. The van der Waals surface area contributed by atoms with Crippen molar-refractivity contribution < 1.29 is 9.90 Å². The van der Waals surface area contributed by atoms with Gasteiger partial charge in [0.1, 0.15) is 0 Å². The fourth-order valence-corrected chi connectivity index (χ4v) is 2.81. The minimum atomic E-state index is -0.702. The monoisotopic (exact) mass is 225 g/mol. The van der Waals surface area contributed by atoms with E-state index in [0.717, 1.165) is 13.1 Å². The normalized spacial score (nSPS) is 25.0. The van der Waals surface area contributed by atoms with Gasteiger partial charge in [-0.2, -0.15) is 0 Å². The van der Waals surface area contributed by atoms with Crippen LogP contribution in [0.4, 0.5) is 0 Å². The van der Waals surface area contributed by atoms with Crippen LogP contribution in [0.5, 0.6) is 0 Å². The number of rotatable bonds is 3. The minimum absolute atomic E-state index is 0.264. The van der Waals surface area contributed by atoms with Crippen LogP contribution in [0, 0.1) is 10.8 Å². The molecule has 1 aliphatic heterocycles. The summed E-state index contributed by atoms with van der Waals surface area (Å²) in [6.45, 7) is 9.98. The highest BCUT2D eigenvalue weighted by Crippen LogP contribution is 2.52. The first-order valence-electron chi connectivity index (χ1n) is 6.20. The Balaban J connectivity index is 2.06. The quantitative estimate of drug-likeness (QED) is 0.801. The average Bonchev–Trinajstić information content (AvgIpc) is 1.97. The standard InChI is InChI=1S/C13H23NO2/c1-11(2,10(15)16)12(3,4)14-8-13(9-14)6-5-7-13/h5-9H2,1-4H3,(H,15,16). The number of carbonyl (C=O) groups is 1. The van der Waals surface area contributed by atoms with Crippen LogP contribution in [0.2, 0.25) is 0 Å². The second-order valence-electron chi connectivity index (χ2n) is 6.70. The molecule has 0 aromatic rings. The van der Waals surface area contributed by atoms with Crippen LogP contribution < -0.4 is 0 Å². The molecule has 1 saturated carbocycles. The molecule has 0 amide bonds. The van der Waals surface area contributed by atoms with E-state index in [1.807, 2.05) is 13.8 Å². The molecular weight excluding hydrogens is 202 g/mol. The van der Waals surface area contributed by atoms with Gasteiger partial charge in [-0.05, 0) is 46.0 Å². The molecule has 2 fully saturated rings. The molecule has 1 heterocycles. The van der Waals surface area contributed by atoms with Gasteiger partial charge in [-0.3, -0.25) is 9.69 Å². The van der Waals surface area contributed by atoms with Gasteiger partial charge in [0, 0.05) is 18.6 Å². The number of nitrogens with zero attached hydrogens (tertiary/aromatic N) is 1. The van der Waals surface area contributed by atoms with E-state index in [-0.39, 0.29) is 5.54 Å². The van der Waals surface area contributed by atoms with Crippen molar-refractivity contribution in [3.63, 3.8) is 0 Å². The van der Waals surface area contributed by atoms with E-state index in [4.69, 9.17) is 0 Å². The van der Waals surface area contributed by atoms with Crippen LogP contribution in [0.1, 0.15) is 47.0 Å². The number of carboxylic acids is 1. The lowest BCUT2D eigenvalue weighted by Gasteiger charge is -2.63. The molecule has 0 unspecified atom stereocenters. The zero-order chi connectivity index (χ0) is 12.2. The van der Waals surface area contributed by atoms with E-state index in [2.05, 4.69) is 18.7 Å². The summed E-state index contributed by atoms with van der Waals surface area (Å²) in [5.74, 6) is -0.702. The molecule has 3 heteroatoms. The topological polar surface area (TPSA) is 40.5 Å². The Morgan fingerprint density at radius 2 is 1.69 bits per heavy atom. The molecule has 1 spiro atoms. The third-order valence-electron chi connectivity index (χ3n) is 5.32. The fraction of sp³-hybridized carbons (Fsp3) is 0.923. The van der Waals surface area contributed by atoms with Gasteiger partial charge in [-0.1, -0.05) is 6.42 Å². The van der Waals surface area contributed by atoms with Gasteiger partial charge in [0.15, 0.2) is 0 Å². The minimum Gasteiger partial charge on any atom is -0.481 e. The van der Waals surface area contributed by atoms with Gasteiger partial charge in [-0.15, -0.1) is 0 Å². The summed E-state index contributed by atoms with van der Waals surface area (Å²) in [5.41, 5.74) is -0.399. The Hall–Kier alpha value is -0.570. The van der Waals surface area contributed by atoms with Gasteiger partial charge >= 0.3 is 5.97 Å². The zero-order valence-corrected chi connectivity index (χ0v) is 10.8. The first-order chi connectivity index (χ1) is 7.21. The van der Waals surface area contributed by atoms with Crippen molar-refractivity contribution in [2.45, 2.75) is 52.5 Å².